The molecule has 5 nitrogen and oxygen atoms in total. The highest BCUT2D eigenvalue weighted by molar-refractivity contribution is 5.78. The molecule has 0 amide bonds. The van der Waals surface area contributed by atoms with Gasteiger partial charge in [0.05, 0.1) is 13.2 Å². The van der Waals surface area contributed by atoms with Gasteiger partial charge in [-0.25, -0.2) is 4.79 Å². The molecule has 0 aromatic heterocycles. The standard InChI is InChI=1S/C11H21NO4/c1-8(9-5-4-6-16-9)12-7-11(2,14)10(13)15-3/h8-9,12,14H,4-7H2,1-3H3/t8-,9+,11-/m1/s1. The molecule has 1 aliphatic rings. The van der Waals surface area contributed by atoms with E-state index in [0.29, 0.717) is 0 Å². The molecule has 1 fully saturated rings. The van der Waals surface area contributed by atoms with Crippen molar-refractivity contribution in [2.24, 2.45) is 0 Å². The predicted molar refractivity (Wildman–Crippen MR) is 59.1 cm³/mol. The molecule has 0 unspecified atom stereocenters. The first-order valence-corrected chi connectivity index (χ1v) is 5.63. The number of rotatable bonds is 5. The topological polar surface area (TPSA) is 67.8 Å². The SMILES string of the molecule is COC(=O)[C@](C)(O)CN[C@H](C)[C@@H]1CCCO1. The van der Waals surface area contributed by atoms with Crippen LogP contribution in [0.3, 0.4) is 0 Å². The summed E-state index contributed by atoms with van der Waals surface area (Å²) in [5.74, 6) is -0.625. The summed E-state index contributed by atoms with van der Waals surface area (Å²) >= 11 is 0. The highest BCUT2D eigenvalue weighted by Crippen LogP contribution is 2.16. The van der Waals surface area contributed by atoms with Crippen LogP contribution in [0.4, 0.5) is 0 Å². The molecule has 94 valence electrons. The second kappa shape index (κ2) is 5.61. The first-order valence-electron chi connectivity index (χ1n) is 5.63. The number of methoxy groups -OCH3 is 1. The minimum absolute atomic E-state index is 0.124. The molecular weight excluding hydrogens is 210 g/mol. The summed E-state index contributed by atoms with van der Waals surface area (Å²) in [5.41, 5.74) is -1.48. The monoisotopic (exact) mass is 231 g/mol. The number of hydrogen-bond acceptors (Lipinski definition) is 5. The molecule has 1 heterocycles. The second-order valence-electron chi connectivity index (χ2n) is 4.49. The van der Waals surface area contributed by atoms with Gasteiger partial charge in [0.15, 0.2) is 5.60 Å². The second-order valence-corrected chi connectivity index (χ2v) is 4.49. The summed E-state index contributed by atoms with van der Waals surface area (Å²) in [4.78, 5) is 11.2. The fourth-order valence-corrected chi connectivity index (χ4v) is 1.78. The number of hydrogen-bond donors (Lipinski definition) is 2. The maximum atomic E-state index is 11.2. The van der Waals surface area contributed by atoms with E-state index in [2.05, 4.69) is 10.1 Å². The molecule has 16 heavy (non-hydrogen) atoms. The zero-order valence-corrected chi connectivity index (χ0v) is 10.2. The number of esters is 1. The minimum atomic E-state index is -1.48. The molecular formula is C11H21NO4. The van der Waals surface area contributed by atoms with Crippen LogP contribution in [0, 0.1) is 0 Å². The molecule has 1 saturated heterocycles. The molecule has 0 aliphatic carbocycles. The van der Waals surface area contributed by atoms with Gasteiger partial charge in [0, 0.05) is 19.2 Å². The van der Waals surface area contributed by atoms with Crippen LogP contribution in [0.25, 0.3) is 0 Å². The Morgan fingerprint density at radius 2 is 2.44 bits per heavy atom. The Kier molecular flexibility index (Phi) is 4.70. The average molecular weight is 231 g/mol. The van der Waals surface area contributed by atoms with Gasteiger partial charge in [-0.15, -0.1) is 0 Å². The molecule has 1 rings (SSSR count). The van der Waals surface area contributed by atoms with Crippen LogP contribution in [0.15, 0.2) is 0 Å². The maximum absolute atomic E-state index is 11.2. The first kappa shape index (κ1) is 13.4. The van der Waals surface area contributed by atoms with Crippen molar-refractivity contribution < 1.29 is 19.4 Å². The Balaban J connectivity index is 2.35. The Labute approximate surface area is 96.1 Å². The third kappa shape index (κ3) is 3.43. The fraction of sp³-hybridized carbons (Fsp3) is 0.909. The number of aliphatic hydroxyl groups is 1. The van der Waals surface area contributed by atoms with Crippen molar-refractivity contribution in [3.8, 4) is 0 Å². The molecule has 0 aromatic carbocycles. The molecule has 0 spiro atoms. The summed E-state index contributed by atoms with van der Waals surface area (Å²) in [6.45, 7) is 4.39. The number of nitrogens with one attached hydrogen (secondary N) is 1. The van der Waals surface area contributed by atoms with Gasteiger partial charge >= 0.3 is 5.97 Å². The van der Waals surface area contributed by atoms with Crippen molar-refractivity contribution in [1.29, 1.82) is 0 Å². The molecule has 1 aliphatic heterocycles. The van der Waals surface area contributed by atoms with E-state index in [1.54, 1.807) is 0 Å². The predicted octanol–water partition coefficient (Wildman–Crippen LogP) is 0.0675. The van der Waals surface area contributed by atoms with Crippen LogP contribution in [-0.2, 0) is 14.3 Å². The lowest BCUT2D eigenvalue weighted by molar-refractivity contribution is -0.160. The van der Waals surface area contributed by atoms with Gasteiger partial charge in [0.1, 0.15) is 0 Å². The van der Waals surface area contributed by atoms with Crippen molar-refractivity contribution in [3.05, 3.63) is 0 Å². The number of carbonyl (C=O) groups excluding carboxylic acids is 1. The highest BCUT2D eigenvalue weighted by Gasteiger charge is 2.32. The summed E-state index contributed by atoms with van der Waals surface area (Å²) in [6, 6.07) is 0.124. The van der Waals surface area contributed by atoms with Gasteiger partial charge in [0.25, 0.3) is 0 Å². The van der Waals surface area contributed by atoms with Gasteiger partial charge in [-0.2, -0.15) is 0 Å². The summed E-state index contributed by atoms with van der Waals surface area (Å²) in [6.07, 6.45) is 2.27. The maximum Gasteiger partial charge on any atom is 0.338 e. The van der Waals surface area contributed by atoms with Gasteiger partial charge < -0.3 is 19.9 Å². The lowest BCUT2D eigenvalue weighted by Gasteiger charge is -2.25. The van der Waals surface area contributed by atoms with Crippen LogP contribution >= 0.6 is 0 Å². The van der Waals surface area contributed by atoms with Gasteiger partial charge in [-0.05, 0) is 26.7 Å². The average Bonchev–Trinajstić information content (AvgIpc) is 2.78. The number of carbonyl (C=O) groups is 1. The van der Waals surface area contributed by atoms with E-state index in [-0.39, 0.29) is 18.7 Å². The molecule has 0 bridgehead atoms. The number of ether oxygens (including phenoxy) is 2. The Morgan fingerprint density at radius 3 is 2.94 bits per heavy atom. The normalized spacial score (nSPS) is 26.1. The van der Waals surface area contributed by atoms with E-state index in [4.69, 9.17) is 4.74 Å². The lowest BCUT2D eigenvalue weighted by Crippen LogP contribution is -2.50. The van der Waals surface area contributed by atoms with Gasteiger partial charge in [-0.1, -0.05) is 0 Å². The zero-order chi connectivity index (χ0) is 12.2. The quantitative estimate of drug-likeness (QED) is 0.655. The van der Waals surface area contributed by atoms with Gasteiger partial charge in [0.2, 0.25) is 0 Å². The molecule has 5 heteroatoms. The third-order valence-corrected chi connectivity index (χ3v) is 2.92. The van der Waals surface area contributed by atoms with Crippen LogP contribution in [-0.4, -0.2) is 49.1 Å². The highest BCUT2D eigenvalue weighted by atomic mass is 16.5. The van der Waals surface area contributed by atoms with E-state index >= 15 is 0 Å². The van der Waals surface area contributed by atoms with Crippen LogP contribution < -0.4 is 5.32 Å². The smallest absolute Gasteiger partial charge is 0.338 e. The summed E-state index contributed by atoms with van der Waals surface area (Å²) < 4.78 is 10.0. The van der Waals surface area contributed by atoms with E-state index in [9.17, 15) is 9.90 Å². The van der Waals surface area contributed by atoms with Crippen LogP contribution in [0.5, 0.6) is 0 Å². The van der Waals surface area contributed by atoms with Crippen molar-refractivity contribution in [1.82, 2.24) is 5.32 Å². The van der Waals surface area contributed by atoms with E-state index in [0.717, 1.165) is 19.4 Å². The van der Waals surface area contributed by atoms with Crippen LogP contribution in [0.1, 0.15) is 26.7 Å². The van der Waals surface area contributed by atoms with Crippen molar-refractivity contribution in [2.75, 3.05) is 20.3 Å². The van der Waals surface area contributed by atoms with Crippen molar-refractivity contribution >= 4 is 5.97 Å². The third-order valence-electron chi connectivity index (χ3n) is 2.92. The minimum Gasteiger partial charge on any atom is -0.467 e. The van der Waals surface area contributed by atoms with E-state index in [1.165, 1.54) is 14.0 Å². The Morgan fingerprint density at radius 1 is 1.75 bits per heavy atom. The Bertz CT molecular complexity index is 236. The molecule has 2 N–H and O–H groups in total. The molecule has 0 aromatic rings. The van der Waals surface area contributed by atoms with Gasteiger partial charge in [-0.3, -0.25) is 0 Å². The zero-order valence-electron chi connectivity index (χ0n) is 10.2. The first-order chi connectivity index (χ1) is 7.47. The molecule has 0 radical (unpaired) electrons. The lowest BCUT2D eigenvalue weighted by atomic mass is 10.1. The Hall–Kier alpha value is -0.650. The molecule has 3 atom stereocenters. The summed E-state index contributed by atoms with van der Waals surface area (Å²) in [5, 5.41) is 12.9. The molecule has 0 saturated carbocycles. The van der Waals surface area contributed by atoms with E-state index < -0.39 is 11.6 Å². The van der Waals surface area contributed by atoms with E-state index in [1.807, 2.05) is 6.92 Å². The van der Waals surface area contributed by atoms with Crippen molar-refractivity contribution in [3.63, 3.8) is 0 Å². The van der Waals surface area contributed by atoms with Crippen molar-refractivity contribution in [2.45, 2.75) is 44.4 Å². The largest absolute Gasteiger partial charge is 0.467 e. The van der Waals surface area contributed by atoms with Crippen LogP contribution in [0.2, 0.25) is 0 Å². The fourth-order valence-electron chi connectivity index (χ4n) is 1.78. The summed E-state index contributed by atoms with van der Waals surface area (Å²) in [7, 11) is 1.26.